The van der Waals surface area contributed by atoms with Crippen LogP contribution in [0.5, 0.6) is 5.75 Å². The molecule has 0 radical (unpaired) electrons. The highest BCUT2D eigenvalue weighted by molar-refractivity contribution is 5.82. The molecule has 2 N–H and O–H groups in total. The lowest BCUT2D eigenvalue weighted by molar-refractivity contribution is -0.138. The third kappa shape index (κ3) is 2.20. The van der Waals surface area contributed by atoms with E-state index in [-0.39, 0.29) is 5.75 Å². The van der Waals surface area contributed by atoms with Gasteiger partial charge in [0.15, 0.2) is 0 Å². The van der Waals surface area contributed by atoms with Crippen LogP contribution in [0.15, 0.2) is 48.5 Å². The number of hydrogen-bond acceptors (Lipinski definition) is 3. The van der Waals surface area contributed by atoms with Crippen LogP contribution in [0.1, 0.15) is 17.0 Å². The SMILES string of the molecule is O=C(O)C1CN(Cc2cccc(O)c2)c2ccccc21. The van der Waals surface area contributed by atoms with E-state index in [1.807, 2.05) is 35.2 Å². The van der Waals surface area contributed by atoms with Crippen molar-refractivity contribution in [2.75, 3.05) is 11.4 Å². The summed E-state index contributed by atoms with van der Waals surface area (Å²) in [6.45, 7) is 1.06. The van der Waals surface area contributed by atoms with Crippen LogP contribution in [0.4, 0.5) is 5.69 Å². The molecule has 0 saturated heterocycles. The highest BCUT2D eigenvalue weighted by Gasteiger charge is 2.33. The summed E-state index contributed by atoms with van der Waals surface area (Å²) in [7, 11) is 0. The summed E-state index contributed by atoms with van der Waals surface area (Å²) in [4.78, 5) is 13.4. The van der Waals surface area contributed by atoms with Gasteiger partial charge in [-0.3, -0.25) is 4.79 Å². The van der Waals surface area contributed by atoms with Gasteiger partial charge in [0.25, 0.3) is 0 Å². The van der Waals surface area contributed by atoms with Gasteiger partial charge in [0.05, 0.1) is 0 Å². The number of fused-ring (bicyclic) bond motifs is 1. The first-order chi connectivity index (χ1) is 9.65. The number of benzene rings is 2. The molecule has 0 aromatic heterocycles. The molecule has 0 saturated carbocycles. The minimum Gasteiger partial charge on any atom is -0.508 e. The van der Waals surface area contributed by atoms with Crippen LogP contribution in [-0.4, -0.2) is 22.7 Å². The average molecular weight is 269 g/mol. The molecule has 3 rings (SSSR count). The molecule has 102 valence electrons. The first-order valence-corrected chi connectivity index (χ1v) is 6.50. The number of carbonyl (C=O) groups is 1. The molecule has 0 fully saturated rings. The first kappa shape index (κ1) is 12.5. The van der Waals surface area contributed by atoms with E-state index in [1.165, 1.54) is 0 Å². The number of rotatable bonds is 3. The van der Waals surface area contributed by atoms with E-state index < -0.39 is 11.9 Å². The van der Waals surface area contributed by atoms with Gasteiger partial charge in [0.1, 0.15) is 11.7 Å². The molecule has 2 aromatic carbocycles. The van der Waals surface area contributed by atoms with E-state index in [4.69, 9.17) is 0 Å². The predicted octanol–water partition coefficient (Wildman–Crippen LogP) is 2.58. The van der Waals surface area contributed by atoms with Gasteiger partial charge in [-0.1, -0.05) is 30.3 Å². The van der Waals surface area contributed by atoms with Crippen molar-refractivity contribution in [2.24, 2.45) is 0 Å². The molecule has 4 heteroatoms. The second-order valence-corrected chi connectivity index (χ2v) is 5.00. The number of nitrogens with zero attached hydrogens (tertiary/aromatic N) is 1. The molecule has 1 heterocycles. The molecule has 4 nitrogen and oxygen atoms in total. The maximum absolute atomic E-state index is 11.3. The Kier molecular flexibility index (Phi) is 3.06. The molecule has 0 bridgehead atoms. The minimum absolute atomic E-state index is 0.227. The Bertz CT molecular complexity index is 654. The topological polar surface area (TPSA) is 60.8 Å². The molecule has 0 spiro atoms. The van der Waals surface area contributed by atoms with Crippen molar-refractivity contribution in [3.63, 3.8) is 0 Å². The lowest BCUT2D eigenvalue weighted by Crippen LogP contribution is -2.24. The summed E-state index contributed by atoms with van der Waals surface area (Å²) in [6.07, 6.45) is 0. The number of para-hydroxylation sites is 1. The maximum atomic E-state index is 11.3. The lowest BCUT2D eigenvalue weighted by atomic mass is 10.0. The Hall–Kier alpha value is -2.49. The zero-order valence-electron chi connectivity index (χ0n) is 10.9. The van der Waals surface area contributed by atoms with E-state index in [9.17, 15) is 15.0 Å². The Labute approximate surface area is 116 Å². The highest BCUT2D eigenvalue weighted by atomic mass is 16.4. The van der Waals surface area contributed by atoms with Gasteiger partial charge in [-0.2, -0.15) is 0 Å². The fourth-order valence-electron chi connectivity index (χ4n) is 2.72. The van der Waals surface area contributed by atoms with E-state index in [1.54, 1.807) is 18.2 Å². The molecular formula is C16H15NO3. The van der Waals surface area contributed by atoms with E-state index in [2.05, 4.69) is 0 Å². The van der Waals surface area contributed by atoms with E-state index in [0.717, 1.165) is 16.8 Å². The smallest absolute Gasteiger partial charge is 0.312 e. The van der Waals surface area contributed by atoms with Gasteiger partial charge < -0.3 is 15.1 Å². The fraction of sp³-hybridized carbons (Fsp3) is 0.188. The standard InChI is InChI=1S/C16H15NO3/c18-12-5-3-4-11(8-12)9-17-10-14(16(19)20)13-6-1-2-7-15(13)17/h1-8,14,18H,9-10H2,(H,19,20). The minimum atomic E-state index is -0.796. The van der Waals surface area contributed by atoms with Crippen LogP contribution in [-0.2, 0) is 11.3 Å². The highest BCUT2D eigenvalue weighted by Crippen LogP contribution is 2.37. The third-order valence-corrected chi connectivity index (χ3v) is 3.64. The van der Waals surface area contributed by atoms with Crippen LogP contribution in [0.2, 0.25) is 0 Å². The Morgan fingerprint density at radius 1 is 1.20 bits per heavy atom. The Morgan fingerprint density at radius 3 is 2.75 bits per heavy atom. The molecule has 20 heavy (non-hydrogen) atoms. The van der Waals surface area contributed by atoms with E-state index in [0.29, 0.717) is 13.1 Å². The summed E-state index contributed by atoms with van der Waals surface area (Å²) in [5.74, 6) is -1.05. The van der Waals surface area contributed by atoms with Crippen molar-refractivity contribution >= 4 is 11.7 Å². The zero-order valence-corrected chi connectivity index (χ0v) is 10.9. The Morgan fingerprint density at radius 2 is 2.00 bits per heavy atom. The predicted molar refractivity (Wildman–Crippen MR) is 76.0 cm³/mol. The van der Waals surface area contributed by atoms with Gasteiger partial charge >= 0.3 is 5.97 Å². The van der Waals surface area contributed by atoms with Crippen molar-refractivity contribution in [1.29, 1.82) is 0 Å². The molecule has 1 atom stereocenters. The number of anilines is 1. The maximum Gasteiger partial charge on any atom is 0.312 e. The molecule has 1 aliphatic rings. The van der Waals surface area contributed by atoms with Gasteiger partial charge in [-0.25, -0.2) is 0 Å². The number of phenolic OH excluding ortho intramolecular Hbond substituents is 1. The molecule has 2 aromatic rings. The molecular weight excluding hydrogens is 254 g/mol. The summed E-state index contributed by atoms with van der Waals surface area (Å²) >= 11 is 0. The van der Waals surface area contributed by atoms with Gasteiger partial charge in [-0.05, 0) is 29.3 Å². The van der Waals surface area contributed by atoms with Gasteiger partial charge in [0, 0.05) is 18.8 Å². The first-order valence-electron chi connectivity index (χ1n) is 6.50. The molecule has 1 unspecified atom stereocenters. The van der Waals surface area contributed by atoms with Crippen LogP contribution in [0.3, 0.4) is 0 Å². The number of aromatic hydroxyl groups is 1. The molecule has 1 aliphatic heterocycles. The van der Waals surface area contributed by atoms with Crippen LogP contribution < -0.4 is 4.90 Å². The quantitative estimate of drug-likeness (QED) is 0.899. The van der Waals surface area contributed by atoms with Crippen molar-refractivity contribution in [1.82, 2.24) is 0 Å². The number of aliphatic carboxylic acids is 1. The van der Waals surface area contributed by atoms with Crippen molar-refractivity contribution < 1.29 is 15.0 Å². The summed E-state index contributed by atoms with van der Waals surface area (Å²) in [5, 5.41) is 18.8. The van der Waals surface area contributed by atoms with E-state index >= 15 is 0 Å². The average Bonchev–Trinajstić information content (AvgIpc) is 2.78. The normalized spacial score (nSPS) is 17.0. The van der Waals surface area contributed by atoms with Crippen molar-refractivity contribution in [3.8, 4) is 5.75 Å². The summed E-state index contributed by atoms with van der Waals surface area (Å²) < 4.78 is 0. The monoisotopic (exact) mass is 269 g/mol. The number of carboxylic acids is 1. The number of hydrogen-bond donors (Lipinski definition) is 2. The number of phenols is 1. The second-order valence-electron chi connectivity index (χ2n) is 5.00. The van der Waals surface area contributed by atoms with Crippen LogP contribution >= 0.6 is 0 Å². The van der Waals surface area contributed by atoms with Crippen molar-refractivity contribution in [3.05, 3.63) is 59.7 Å². The largest absolute Gasteiger partial charge is 0.508 e. The van der Waals surface area contributed by atoms with Crippen LogP contribution in [0, 0.1) is 0 Å². The molecule has 0 aliphatic carbocycles. The van der Waals surface area contributed by atoms with Gasteiger partial charge in [0.2, 0.25) is 0 Å². The zero-order chi connectivity index (χ0) is 14.1. The fourth-order valence-corrected chi connectivity index (χ4v) is 2.72. The second kappa shape index (κ2) is 4.89. The van der Waals surface area contributed by atoms with Gasteiger partial charge in [-0.15, -0.1) is 0 Å². The van der Waals surface area contributed by atoms with Crippen LogP contribution in [0.25, 0.3) is 0 Å². The molecule has 0 amide bonds. The lowest BCUT2D eigenvalue weighted by Gasteiger charge is -2.19. The summed E-state index contributed by atoms with van der Waals surface area (Å²) in [5.41, 5.74) is 2.79. The Balaban J connectivity index is 1.90. The van der Waals surface area contributed by atoms with Crippen molar-refractivity contribution in [2.45, 2.75) is 12.5 Å². The number of carboxylic acid groups (broad SMARTS) is 1. The summed E-state index contributed by atoms with van der Waals surface area (Å²) in [6, 6.07) is 14.7. The third-order valence-electron chi connectivity index (χ3n) is 3.64.